The van der Waals surface area contributed by atoms with Gasteiger partial charge in [-0.05, 0) is 0 Å². The minimum absolute atomic E-state index is 0.0713. The van der Waals surface area contributed by atoms with Crippen LogP contribution in [0.15, 0.2) is 0 Å². The van der Waals surface area contributed by atoms with Crippen molar-refractivity contribution in [3.05, 3.63) is 15.6 Å². The molecule has 1 rings (SSSR count). The fourth-order valence-electron chi connectivity index (χ4n) is 1.02. The molecule has 82 valence electrons. The average Bonchev–Trinajstić information content (AvgIpc) is 2.61. The van der Waals surface area contributed by atoms with Crippen molar-refractivity contribution in [1.82, 2.24) is 4.98 Å². The molecule has 0 fully saturated rings. The maximum atomic E-state index is 11.3. The molecule has 0 bridgehead atoms. The van der Waals surface area contributed by atoms with Crippen molar-refractivity contribution in [2.24, 2.45) is 0 Å². The summed E-state index contributed by atoms with van der Waals surface area (Å²) in [6.07, 6.45) is 0. The lowest BCUT2D eigenvalue weighted by molar-refractivity contribution is 0.0591. The fourth-order valence-corrected chi connectivity index (χ4v) is 1.94. The number of nitrogens with zero attached hydrogens (tertiary/aromatic N) is 1. The van der Waals surface area contributed by atoms with Crippen molar-refractivity contribution < 1.29 is 19.1 Å². The van der Waals surface area contributed by atoms with Crippen LogP contribution in [0.3, 0.4) is 0 Å². The van der Waals surface area contributed by atoms with Gasteiger partial charge in [0.1, 0.15) is 9.88 Å². The second kappa shape index (κ2) is 4.99. The van der Waals surface area contributed by atoms with Crippen LogP contribution < -0.4 is 0 Å². The van der Waals surface area contributed by atoms with Crippen molar-refractivity contribution in [3.8, 4) is 0 Å². The Labute approximate surface area is 91.0 Å². The number of carbonyl (C=O) groups is 2. The van der Waals surface area contributed by atoms with Gasteiger partial charge in [0.05, 0.1) is 13.7 Å². The van der Waals surface area contributed by atoms with Crippen LogP contribution in [0.4, 0.5) is 0 Å². The number of Topliss-reactive ketones (excluding diaryl/α,β-unsaturated/α-hetero) is 1. The summed E-state index contributed by atoms with van der Waals surface area (Å²) in [6.45, 7) is 1.67. The van der Waals surface area contributed by atoms with Crippen molar-refractivity contribution in [1.29, 1.82) is 0 Å². The molecule has 0 aliphatic heterocycles. The van der Waals surface area contributed by atoms with Gasteiger partial charge >= 0.3 is 5.97 Å². The highest BCUT2D eigenvalue weighted by molar-refractivity contribution is 7.14. The SMILES string of the molecule is COCc1nc(C(=O)OC)c(C(C)=O)s1. The number of rotatable bonds is 4. The third kappa shape index (κ3) is 2.60. The molecule has 5 nitrogen and oxygen atoms in total. The Morgan fingerprint density at radius 1 is 1.40 bits per heavy atom. The van der Waals surface area contributed by atoms with E-state index in [4.69, 9.17) is 4.74 Å². The van der Waals surface area contributed by atoms with Crippen LogP contribution >= 0.6 is 11.3 Å². The minimum atomic E-state index is -0.598. The van der Waals surface area contributed by atoms with Crippen molar-refractivity contribution in [3.63, 3.8) is 0 Å². The van der Waals surface area contributed by atoms with Crippen LogP contribution in [-0.2, 0) is 16.1 Å². The molecule has 0 N–H and O–H groups in total. The Kier molecular flexibility index (Phi) is 3.93. The summed E-state index contributed by atoms with van der Waals surface area (Å²) in [4.78, 5) is 26.8. The van der Waals surface area contributed by atoms with Crippen LogP contribution in [0.25, 0.3) is 0 Å². The lowest BCUT2D eigenvalue weighted by Gasteiger charge is -1.95. The Bertz CT molecular complexity index is 385. The maximum absolute atomic E-state index is 11.3. The molecule has 0 spiro atoms. The van der Waals surface area contributed by atoms with E-state index in [1.807, 2.05) is 0 Å². The van der Waals surface area contributed by atoms with E-state index in [9.17, 15) is 9.59 Å². The van der Waals surface area contributed by atoms with E-state index >= 15 is 0 Å². The molecule has 0 aromatic carbocycles. The fraction of sp³-hybridized carbons (Fsp3) is 0.444. The van der Waals surface area contributed by atoms with E-state index < -0.39 is 5.97 Å². The molecule has 15 heavy (non-hydrogen) atoms. The highest BCUT2D eigenvalue weighted by Gasteiger charge is 2.21. The van der Waals surface area contributed by atoms with Gasteiger partial charge in [0, 0.05) is 14.0 Å². The molecule has 1 aromatic heterocycles. The first-order valence-electron chi connectivity index (χ1n) is 4.18. The lowest BCUT2D eigenvalue weighted by atomic mass is 10.3. The predicted octanol–water partition coefficient (Wildman–Crippen LogP) is 1.28. The first-order valence-corrected chi connectivity index (χ1v) is 4.99. The Balaban J connectivity index is 3.11. The maximum Gasteiger partial charge on any atom is 0.358 e. The van der Waals surface area contributed by atoms with E-state index in [0.717, 1.165) is 11.3 Å². The quantitative estimate of drug-likeness (QED) is 0.574. The van der Waals surface area contributed by atoms with Crippen LogP contribution in [0.1, 0.15) is 32.1 Å². The van der Waals surface area contributed by atoms with E-state index in [1.165, 1.54) is 21.1 Å². The molecular formula is C9H11NO4S. The van der Waals surface area contributed by atoms with E-state index in [2.05, 4.69) is 9.72 Å². The molecule has 0 atom stereocenters. The molecule has 0 saturated carbocycles. The van der Waals surface area contributed by atoms with Gasteiger partial charge in [0.2, 0.25) is 0 Å². The van der Waals surface area contributed by atoms with Gasteiger partial charge in [-0.15, -0.1) is 11.3 Å². The van der Waals surface area contributed by atoms with Gasteiger partial charge in [-0.3, -0.25) is 4.79 Å². The van der Waals surface area contributed by atoms with Crippen molar-refractivity contribution >= 4 is 23.1 Å². The topological polar surface area (TPSA) is 65.5 Å². The Morgan fingerprint density at radius 2 is 2.07 bits per heavy atom. The third-order valence-corrected chi connectivity index (χ3v) is 2.77. The smallest absolute Gasteiger partial charge is 0.358 e. The second-order valence-corrected chi connectivity index (χ2v) is 3.85. The van der Waals surface area contributed by atoms with Gasteiger partial charge in [-0.1, -0.05) is 0 Å². The first-order chi connectivity index (χ1) is 7.10. The summed E-state index contributed by atoms with van der Waals surface area (Å²) < 4.78 is 9.40. The number of hydrogen-bond donors (Lipinski definition) is 0. The van der Waals surface area contributed by atoms with E-state index in [1.54, 1.807) is 0 Å². The monoisotopic (exact) mass is 229 g/mol. The highest BCUT2D eigenvalue weighted by atomic mass is 32.1. The molecule has 6 heteroatoms. The normalized spacial score (nSPS) is 10.1. The van der Waals surface area contributed by atoms with Crippen LogP contribution in [0.5, 0.6) is 0 Å². The minimum Gasteiger partial charge on any atom is -0.464 e. The summed E-state index contributed by atoms with van der Waals surface area (Å²) in [5, 5.41) is 0.586. The molecule has 1 aromatic rings. The molecule has 0 aliphatic rings. The molecule has 0 aliphatic carbocycles. The first kappa shape index (κ1) is 11.8. The van der Waals surface area contributed by atoms with Crippen LogP contribution in [-0.4, -0.2) is 31.0 Å². The zero-order chi connectivity index (χ0) is 11.4. The summed E-state index contributed by atoms with van der Waals surface area (Å²) in [7, 11) is 2.77. The zero-order valence-corrected chi connectivity index (χ0v) is 9.51. The van der Waals surface area contributed by atoms with Crippen LogP contribution in [0, 0.1) is 0 Å². The summed E-state index contributed by atoms with van der Waals surface area (Å²) in [5.41, 5.74) is 0.0713. The molecule has 0 radical (unpaired) electrons. The number of carbonyl (C=O) groups excluding carboxylic acids is 2. The number of aromatic nitrogens is 1. The molecule has 0 amide bonds. The van der Waals surface area contributed by atoms with Gasteiger partial charge in [-0.2, -0.15) is 0 Å². The van der Waals surface area contributed by atoms with Gasteiger partial charge < -0.3 is 9.47 Å². The standard InChI is InChI=1S/C9H11NO4S/c1-5(11)8-7(9(12)14-3)10-6(15-8)4-13-2/h4H2,1-3H3. The zero-order valence-electron chi connectivity index (χ0n) is 8.70. The molecular weight excluding hydrogens is 218 g/mol. The number of ether oxygens (including phenoxy) is 2. The number of hydrogen-bond acceptors (Lipinski definition) is 6. The van der Waals surface area contributed by atoms with Crippen LogP contribution in [0.2, 0.25) is 0 Å². The predicted molar refractivity (Wildman–Crippen MR) is 54.2 cm³/mol. The van der Waals surface area contributed by atoms with Gasteiger partial charge in [-0.25, -0.2) is 9.78 Å². The number of thiazole rings is 1. The Hall–Kier alpha value is -1.27. The number of esters is 1. The van der Waals surface area contributed by atoms with Crippen molar-refractivity contribution in [2.45, 2.75) is 13.5 Å². The average molecular weight is 229 g/mol. The second-order valence-electron chi connectivity index (χ2n) is 2.77. The summed E-state index contributed by atoms with van der Waals surface area (Å²) in [6, 6.07) is 0. The summed E-state index contributed by atoms with van der Waals surface area (Å²) >= 11 is 1.15. The largest absolute Gasteiger partial charge is 0.464 e. The summed E-state index contributed by atoms with van der Waals surface area (Å²) in [5.74, 6) is -0.797. The van der Waals surface area contributed by atoms with Gasteiger partial charge in [0.25, 0.3) is 0 Å². The molecule has 0 saturated heterocycles. The number of ketones is 1. The van der Waals surface area contributed by atoms with Crippen molar-refractivity contribution in [2.75, 3.05) is 14.2 Å². The van der Waals surface area contributed by atoms with Gasteiger partial charge in [0.15, 0.2) is 11.5 Å². The lowest BCUT2D eigenvalue weighted by Crippen LogP contribution is -2.07. The highest BCUT2D eigenvalue weighted by Crippen LogP contribution is 2.20. The molecule has 1 heterocycles. The molecule has 0 unspecified atom stereocenters. The van der Waals surface area contributed by atoms with E-state index in [-0.39, 0.29) is 18.1 Å². The Morgan fingerprint density at radius 3 is 2.53 bits per heavy atom. The number of methoxy groups -OCH3 is 2. The van der Waals surface area contributed by atoms with E-state index in [0.29, 0.717) is 9.88 Å². The third-order valence-electron chi connectivity index (χ3n) is 1.64.